The summed E-state index contributed by atoms with van der Waals surface area (Å²) in [7, 11) is 1.42. The molecule has 3 rings (SSSR count). The highest BCUT2D eigenvalue weighted by Crippen LogP contribution is 2.40. The van der Waals surface area contributed by atoms with Crippen LogP contribution >= 0.6 is 0 Å². The van der Waals surface area contributed by atoms with Crippen molar-refractivity contribution in [3.05, 3.63) is 53.6 Å². The van der Waals surface area contributed by atoms with E-state index >= 15 is 0 Å². The summed E-state index contributed by atoms with van der Waals surface area (Å²) in [5.74, 6) is -1.27. The number of alkyl halides is 3. The highest BCUT2D eigenvalue weighted by atomic mass is 19.4. The Hall–Kier alpha value is -2.74. The zero-order valence-corrected chi connectivity index (χ0v) is 13.9. The minimum atomic E-state index is -5.02. The first kappa shape index (κ1) is 18.1. The summed E-state index contributed by atoms with van der Waals surface area (Å²) >= 11 is 0. The molecule has 0 fully saturated rings. The second kappa shape index (κ2) is 7.25. The van der Waals surface area contributed by atoms with Gasteiger partial charge < -0.3 is 14.2 Å². The van der Waals surface area contributed by atoms with E-state index in [1.54, 1.807) is 30.3 Å². The third-order valence-electron chi connectivity index (χ3n) is 3.84. The minimum absolute atomic E-state index is 0.0163. The van der Waals surface area contributed by atoms with Crippen LogP contribution in [0, 0.1) is 0 Å². The first-order chi connectivity index (χ1) is 12.4. The van der Waals surface area contributed by atoms with Crippen LogP contribution < -0.4 is 14.4 Å². The molecule has 0 aromatic heterocycles. The van der Waals surface area contributed by atoms with Crippen molar-refractivity contribution in [2.24, 2.45) is 0 Å². The number of hydrogen-bond acceptors (Lipinski definition) is 4. The molecule has 1 amide bonds. The number of rotatable bonds is 5. The molecule has 0 radical (unpaired) electrons. The van der Waals surface area contributed by atoms with Gasteiger partial charge in [0.1, 0.15) is 0 Å². The monoisotopic (exact) mass is 367 g/mol. The number of anilines is 1. The van der Waals surface area contributed by atoms with Gasteiger partial charge in [0.15, 0.2) is 11.5 Å². The van der Waals surface area contributed by atoms with Gasteiger partial charge in [-0.2, -0.15) is 13.2 Å². The van der Waals surface area contributed by atoms with Crippen LogP contribution in [0.5, 0.6) is 11.5 Å². The van der Waals surface area contributed by atoms with Crippen LogP contribution in [0.3, 0.4) is 0 Å². The third-order valence-corrected chi connectivity index (χ3v) is 3.84. The molecule has 0 atom stereocenters. The van der Waals surface area contributed by atoms with Crippen molar-refractivity contribution in [3.63, 3.8) is 0 Å². The third kappa shape index (κ3) is 3.75. The van der Waals surface area contributed by atoms with Gasteiger partial charge in [0.05, 0.1) is 18.8 Å². The van der Waals surface area contributed by atoms with E-state index in [2.05, 4.69) is 0 Å². The predicted octanol–water partition coefficient (Wildman–Crippen LogP) is 3.66. The van der Waals surface area contributed by atoms with Crippen molar-refractivity contribution in [2.75, 3.05) is 18.8 Å². The summed E-state index contributed by atoms with van der Waals surface area (Å²) in [5.41, 5.74) is 1.03. The molecule has 2 aromatic carbocycles. The summed E-state index contributed by atoms with van der Waals surface area (Å²) < 4.78 is 55.2. The van der Waals surface area contributed by atoms with E-state index < -0.39 is 12.1 Å². The van der Waals surface area contributed by atoms with Gasteiger partial charge in [-0.1, -0.05) is 30.3 Å². The van der Waals surface area contributed by atoms with Crippen LogP contribution in [0.1, 0.15) is 11.1 Å². The number of methoxy groups -OCH3 is 1. The van der Waals surface area contributed by atoms with Gasteiger partial charge in [0.25, 0.3) is 0 Å². The molecule has 0 N–H and O–H groups in total. The van der Waals surface area contributed by atoms with Crippen molar-refractivity contribution in [1.29, 1.82) is 0 Å². The second-order valence-electron chi connectivity index (χ2n) is 5.64. The van der Waals surface area contributed by atoms with Crippen molar-refractivity contribution >= 4 is 11.6 Å². The molecule has 8 heteroatoms. The fraction of sp³-hybridized carbons (Fsp3) is 0.278. The Morgan fingerprint density at radius 2 is 1.81 bits per heavy atom. The number of halogens is 3. The Kier molecular flexibility index (Phi) is 5.03. The molecule has 138 valence electrons. The number of benzene rings is 2. The second-order valence-corrected chi connectivity index (χ2v) is 5.64. The molecule has 1 aliphatic rings. The standard InChI is InChI=1S/C18H16F3NO4/c1-24-10-13-7-15-16(26-11-25-15)8-14(13)22(17(23)18(19,20)21)9-12-5-3-2-4-6-12/h2-8H,9-11H2,1H3. The first-order valence-electron chi connectivity index (χ1n) is 7.74. The lowest BCUT2D eigenvalue weighted by Gasteiger charge is -2.26. The Morgan fingerprint density at radius 3 is 2.42 bits per heavy atom. The lowest BCUT2D eigenvalue weighted by Crippen LogP contribution is -2.41. The Morgan fingerprint density at radius 1 is 1.15 bits per heavy atom. The quantitative estimate of drug-likeness (QED) is 0.809. The molecular formula is C18H16F3NO4. The first-order valence-corrected chi connectivity index (χ1v) is 7.74. The van der Waals surface area contributed by atoms with Crippen LogP contribution in [-0.2, 0) is 22.7 Å². The van der Waals surface area contributed by atoms with Crippen LogP contribution in [0.15, 0.2) is 42.5 Å². The summed E-state index contributed by atoms with van der Waals surface area (Å²) in [4.78, 5) is 12.8. The predicted molar refractivity (Wildman–Crippen MR) is 87.0 cm³/mol. The van der Waals surface area contributed by atoms with Gasteiger partial charge in [0, 0.05) is 18.7 Å². The molecule has 0 aliphatic carbocycles. The number of carbonyl (C=O) groups is 1. The largest absolute Gasteiger partial charge is 0.471 e. The maximum absolute atomic E-state index is 13.2. The molecule has 0 saturated carbocycles. The zero-order chi connectivity index (χ0) is 18.7. The minimum Gasteiger partial charge on any atom is -0.454 e. The van der Waals surface area contributed by atoms with Gasteiger partial charge in [-0.05, 0) is 11.6 Å². The lowest BCUT2D eigenvalue weighted by atomic mass is 10.1. The zero-order valence-electron chi connectivity index (χ0n) is 13.9. The summed E-state index contributed by atoms with van der Waals surface area (Å²) in [6.07, 6.45) is -5.02. The summed E-state index contributed by atoms with van der Waals surface area (Å²) in [6, 6.07) is 11.4. The fourth-order valence-electron chi connectivity index (χ4n) is 2.68. The van der Waals surface area contributed by atoms with E-state index in [0.29, 0.717) is 21.8 Å². The fourth-order valence-corrected chi connectivity index (χ4v) is 2.68. The number of amides is 1. The Labute approximate surface area is 147 Å². The van der Waals surface area contributed by atoms with E-state index in [-0.39, 0.29) is 31.4 Å². The van der Waals surface area contributed by atoms with E-state index in [9.17, 15) is 18.0 Å². The molecule has 0 unspecified atom stereocenters. The van der Waals surface area contributed by atoms with E-state index in [1.165, 1.54) is 19.2 Å². The number of fused-ring (bicyclic) bond motifs is 1. The average Bonchev–Trinajstić information content (AvgIpc) is 3.06. The highest BCUT2D eigenvalue weighted by molar-refractivity contribution is 5.98. The van der Waals surface area contributed by atoms with Crippen molar-refractivity contribution in [2.45, 2.75) is 19.3 Å². The summed E-state index contributed by atoms with van der Waals surface area (Å²) in [6.45, 7) is -0.255. The molecular weight excluding hydrogens is 351 g/mol. The topological polar surface area (TPSA) is 48.0 Å². The van der Waals surface area contributed by atoms with E-state index in [4.69, 9.17) is 14.2 Å². The van der Waals surface area contributed by atoms with Gasteiger partial charge in [-0.25, -0.2) is 0 Å². The molecule has 1 aliphatic heterocycles. The maximum atomic E-state index is 13.2. The average molecular weight is 367 g/mol. The molecule has 5 nitrogen and oxygen atoms in total. The van der Waals surface area contributed by atoms with Crippen molar-refractivity contribution in [1.82, 2.24) is 0 Å². The van der Waals surface area contributed by atoms with Crippen LogP contribution in [0.2, 0.25) is 0 Å². The number of nitrogens with zero attached hydrogens (tertiary/aromatic N) is 1. The highest BCUT2D eigenvalue weighted by Gasteiger charge is 2.43. The van der Waals surface area contributed by atoms with Crippen LogP contribution in [0.4, 0.5) is 18.9 Å². The normalized spacial score (nSPS) is 12.9. The van der Waals surface area contributed by atoms with Gasteiger partial charge in [-0.15, -0.1) is 0 Å². The van der Waals surface area contributed by atoms with Crippen molar-refractivity contribution < 1.29 is 32.2 Å². The van der Waals surface area contributed by atoms with Crippen LogP contribution in [0.25, 0.3) is 0 Å². The number of hydrogen-bond donors (Lipinski definition) is 0. The smallest absolute Gasteiger partial charge is 0.454 e. The Bertz CT molecular complexity index is 793. The van der Waals surface area contributed by atoms with Gasteiger partial charge in [0.2, 0.25) is 6.79 Å². The van der Waals surface area contributed by atoms with Gasteiger partial charge >= 0.3 is 12.1 Å². The molecule has 0 saturated heterocycles. The maximum Gasteiger partial charge on any atom is 0.471 e. The summed E-state index contributed by atoms with van der Waals surface area (Å²) in [5, 5.41) is 0. The Balaban J connectivity index is 2.07. The number of carbonyl (C=O) groups excluding carboxylic acids is 1. The molecule has 26 heavy (non-hydrogen) atoms. The molecule has 1 heterocycles. The van der Waals surface area contributed by atoms with Crippen LogP contribution in [-0.4, -0.2) is 26.0 Å². The molecule has 0 spiro atoms. The SMILES string of the molecule is COCc1cc2c(cc1N(Cc1ccccc1)C(=O)C(F)(F)F)OCO2. The van der Waals surface area contributed by atoms with E-state index in [1.807, 2.05) is 0 Å². The van der Waals surface area contributed by atoms with E-state index in [0.717, 1.165) is 0 Å². The lowest BCUT2D eigenvalue weighted by molar-refractivity contribution is -0.170. The molecule has 2 aromatic rings. The molecule has 0 bridgehead atoms. The van der Waals surface area contributed by atoms with Gasteiger partial charge in [-0.3, -0.25) is 9.69 Å². The van der Waals surface area contributed by atoms with Crippen molar-refractivity contribution in [3.8, 4) is 11.5 Å². The number of ether oxygens (including phenoxy) is 3.